The fraction of sp³-hybridized carbons (Fsp3) is 0.462. The van der Waals surface area contributed by atoms with Crippen LogP contribution in [0.15, 0.2) is 23.1 Å². The summed E-state index contributed by atoms with van der Waals surface area (Å²) in [5.74, 6) is -0.953. The number of nitrogens with zero attached hydrogens (tertiary/aromatic N) is 1. The Kier molecular flexibility index (Phi) is 5.13. The zero-order valence-electron chi connectivity index (χ0n) is 11.8. The van der Waals surface area contributed by atoms with Gasteiger partial charge in [0.25, 0.3) is 0 Å². The number of nitrogens with two attached hydrogens (primary N) is 1. The van der Waals surface area contributed by atoms with Crippen LogP contribution in [-0.4, -0.2) is 37.4 Å². The van der Waals surface area contributed by atoms with Gasteiger partial charge in [-0.15, -0.1) is 0 Å². The molecule has 0 aromatic heterocycles. The molecule has 0 aliphatic carbocycles. The predicted molar refractivity (Wildman–Crippen MR) is 77.1 cm³/mol. The number of carboxylic acids is 1. The molecule has 0 saturated heterocycles. The Bertz CT molecular complexity index is 596. The lowest BCUT2D eigenvalue weighted by Gasteiger charge is -2.19. The van der Waals surface area contributed by atoms with Crippen LogP contribution < -0.4 is 5.73 Å². The smallest absolute Gasteiger partial charge is 0.337 e. The number of anilines is 1. The number of hydrogen-bond donors (Lipinski definition) is 2. The average molecular weight is 300 g/mol. The number of nitrogen functional groups attached to an aromatic ring is 1. The first-order chi connectivity index (χ1) is 9.16. The standard InChI is InChI=1S/C13H20N2O4S/c1-9(2)6-7-15(3)20(18,19)12-5-4-10(14)8-11(12)13(16)17/h4-5,8-9H,6-7,14H2,1-3H3,(H,16,17). The molecule has 0 atom stereocenters. The van der Waals surface area contributed by atoms with E-state index in [-0.39, 0.29) is 16.1 Å². The fourth-order valence-corrected chi connectivity index (χ4v) is 3.01. The number of benzene rings is 1. The topological polar surface area (TPSA) is 101 Å². The first-order valence-corrected chi connectivity index (χ1v) is 7.69. The zero-order chi connectivity index (χ0) is 15.5. The third-order valence-electron chi connectivity index (χ3n) is 2.94. The lowest BCUT2D eigenvalue weighted by Crippen LogP contribution is -2.30. The Morgan fingerprint density at radius 3 is 2.50 bits per heavy atom. The highest BCUT2D eigenvalue weighted by molar-refractivity contribution is 7.89. The van der Waals surface area contributed by atoms with Gasteiger partial charge in [-0.3, -0.25) is 0 Å². The summed E-state index contributed by atoms with van der Waals surface area (Å²) in [6.07, 6.45) is 0.701. The van der Waals surface area contributed by atoms with Gasteiger partial charge in [-0.1, -0.05) is 13.8 Å². The molecule has 0 radical (unpaired) electrons. The average Bonchev–Trinajstić information content (AvgIpc) is 2.35. The highest BCUT2D eigenvalue weighted by Crippen LogP contribution is 2.22. The molecule has 0 spiro atoms. The maximum atomic E-state index is 12.4. The molecular formula is C13H20N2O4S. The molecule has 0 amide bonds. The Morgan fingerprint density at radius 1 is 1.40 bits per heavy atom. The lowest BCUT2D eigenvalue weighted by atomic mass is 10.1. The van der Waals surface area contributed by atoms with Crippen molar-refractivity contribution >= 4 is 21.7 Å². The normalized spacial score (nSPS) is 12.1. The Balaban J connectivity index is 3.18. The second-order valence-electron chi connectivity index (χ2n) is 5.07. The number of carboxylic acid groups (broad SMARTS) is 1. The second-order valence-corrected chi connectivity index (χ2v) is 7.08. The Hall–Kier alpha value is -1.60. The van der Waals surface area contributed by atoms with E-state index in [0.717, 1.165) is 6.07 Å². The van der Waals surface area contributed by atoms with Crippen molar-refractivity contribution in [2.75, 3.05) is 19.3 Å². The molecule has 112 valence electrons. The molecule has 0 unspecified atom stereocenters. The fourth-order valence-electron chi connectivity index (χ4n) is 1.67. The van der Waals surface area contributed by atoms with Gasteiger partial charge in [-0.2, -0.15) is 0 Å². The molecule has 0 aliphatic heterocycles. The molecule has 3 N–H and O–H groups in total. The molecular weight excluding hydrogens is 280 g/mol. The number of carbonyl (C=O) groups is 1. The van der Waals surface area contributed by atoms with Gasteiger partial charge in [0.2, 0.25) is 10.0 Å². The highest BCUT2D eigenvalue weighted by Gasteiger charge is 2.26. The van der Waals surface area contributed by atoms with Crippen molar-refractivity contribution in [3.8, 4) is 0 Å². The number of rotatable bonds is 6. The van der Waals surface area contributed by atoms with Crippen LogP contribution in [0, 0.1) is 5.92 Å². The van der Waals surface area contributed by atoms with E-state index in [4.69, 9.17) is 10.8 Å². The summed E-state index contributed by atoms with van der Waals surface area (Å²) >= 11 is 0. The summed E-state index contributed by atoms with van der Waals surface area (Å²) < 4.78 is 26.0. The molecule has 1 rings (SSSR count). The largest absolute Gasteiger partial charge is 0.478 e. The molecule has 0 fully saturated rings. The van der Waals surface area contributed by atoms with Crippen molar-refractivity contribution in [3.63, 3.8) is 0 Å². The maximum absolute atomic E-state index is 12.4. The van der Waals surface area contributed by atoms with Crippen molar-refractivity contribution in [2.45, 2.75) is 25.2 Å². The zero-order valence-corrected chi connectivity index (χ0v) is 12.6. The van der Waals surface area contributed by atoms with Crippen LogP contribution in [-0.2, 0) is 10.0 Å². The Morgan fingerprint density at radius 2 is 2.00 bits per heavy atom. The lowest BCUT2D eigenvalue weighted by molar-refractivity contribution is 0.0692. The molecule has 7 heteroatoms. The van der Waals surface area contributed by atoms with Crippen LogP contribution in [0.25, 0.3) is 0 Å². The molecule has 0 heterocycles. The Labute approximate surface area is 119 Å². The third kappa shape index (κ3) is 3.71. The van der Waals surface area contributed by atoms with Gasteiger partial charge in [-0.05, 0) is 30.5 Å². The number of hydrogen-bond acceptors (Lipinski definition) is 4. The summed E-state index contributed by atoms with van der Waals surface area (Å²) in [5.41, 5.74) is 5.42. The van der Waals surface area contributed by atoms with E-state index < -0.39 is 16.0 Å². The second kappa shape index (κ2) is 6.23. The van der Waals surface area contributed by atoms with E-state index in [9.17, 15) is 13.2 Å². The molecule has 0 aliphatic rings. The molecule has 0 bridgehead atoms. The van der Waals surface area contributed by atoms with E-state index in [0.29, 0.717) is 18.9 Å². The van der Waals surface area contributed by atoms with Gasteiger partial charge in [0.05, 0.1) is 10.5 Å². The molecule has 20 heavy (non-hydrogen) atoms. The van der Waals surface area contributed by atoms with Crippen LogP contribution in [0.1, 0.15) is 30.6 Å². The minimum absolute atomic E-state index is 0.214. The summed E-state index contributed by atoms with van der Waals surface area (Å²) in [4.78, 5) is 10.9. The van der Waals surface area contributed by atoms with Crippen molar-refractivity contribution < 1.29 is 18.3 Å². The van der Waals surface area contributed by atoms with Crippen molar-refractivity contribution in [3.05, 3.63) is 23.8 Å². The van der Waals surface area contributed by atoms with Crippen LogP contribution >= 0.6 is 0 Å². The van der Waals surface area contributed by atoms with Crippen LogP contribution in [0.2, 0.25) is 0 Å². The number of aromatic carboxylic acids is 1. The van der Waals surface area contributed by atoms with Gasteiger partial charge < -0.3 is 10.8 Å². The van der Waals surface area contributed by atoms with Gasteiger partial charge in [-0.25, -0.2) is 17.5 Å². The summed E-state index contributed by atoms with van der Waals surface area (Å²) in [6.45, 7) is 4.32. The van der Waals surface area contributed by atoms with Gasteiger partial charge >= 0.3 is 5.97 Å². The van der Waals surface area contributed by atoms with Crippen molar-refractivity contribution in [1.82, 2.24) is 4.31 Å². The molecule has 0 saturated carbocycles. The first-order valence-electron chi connectivity index (χ1n) is 6.25. The van der Waals surface area contributed by atoms with Gasteiger partial charge in [0, 0.05) is 19.3 Å². The van der Waals surface area contributed by atoms with Gasteiger partial charge in [0.15, 0.2) is 0 Å². The van der Waals surface area contributed by atoms with Gasteiger partial charge in [0.1, 0.15) is 0 Å². The van der Waals surface area contributed by atoms with E-state index in [2.05, 4.69) is 0 Å². The highest BCUT2D eigenvalue weighted by atomic mass is 32.2. The molecule has 1 aromatic rings. The van der Waals surface area contributed by atoms with Crippen LogP contribution in [0.4, 0.5) is 5.69 Å². The SMILES string of the molecule is CC(C)CCN(C)S(=O)(=O)c1ccc(N)cc1C(=O)O. The van der Waals surface area contributed by atoms with Crippen LogP contribution in [0.3, 0.4) is 0 Å². The molecule has 1 aromatic carbocycles. The van der Waals surface area contributed by atoms with Crippen molar-refractivity contribution in [1.29, 1.82) is 0 Å². The number of sulfonamides is 1. The van der Waals surface area contributed by atoms with Crippen molar-refractivity contribution in [2.24, 2.45) is 5.92 Å². The summed E-state index contributed by atoms with van der Waals surface area (Å²) in [6, 6.07) is 3.78. The van der Waals surface area contributed by atoms with E-state index in [1.165, 1.54) is 23.5 Å². The minimum atomic E-state index is -3.83. The quantitative estimate of drug-likeness (QED) is 0.778. The predicted octanol–water partition coefficient (Wildman–Crippen LogP) is 1.63. The van der Waals surface area contributed by atoms with E-state index in [1.54, 1.807) is 0 Å². The third-order valence-corrected chi connectivity index (χ3v) is 4.86. The first kappa shape index (κ1) is 16.5. The minimum Gasteiger partial charge on any atom is -0.478 e. The van der Waals surface area contributed by atoms with Crippen LogP contribution in [0.5, 0.6) is 0 Å². The maximum Gasteiger partial charge on any atom is 0.337 e. The monoisotopic (exact) mass is 300 g/mol. The molecule has 6 nitrogen and oxygen atoms in total. The summed E-state index contributed by atoms with van der Waals surface area (Å²) in [7, 11) is -2.39. The van der Waals surface area contributed by atoms with E-state index >= 15 is 0 Å². The summed E-state index contributed by atoms with van der Waals surface area (Å²) in [5, 5.41) is 9.11. The van der Waals surface area contributed by atoms with E-state index in [1.807, 2.05) is 13.8 Å².